The van der Waals surface area contributed by atoms with Gasteiger partial charge >= 0.3 is 0 Å². The molecule has 0 aliphatic heterocycles. The highest BCUT2D eigenvalue weighted by Crippen LogP contribution is 2.20. The van der Waals surface area contributed by atoms with Crippen molar-refractivity contribution in [3.8, 4) is 12.8 Å². The molecule has 19 heavy (non-hydrogen) atoms. The molecule has 0 saturated carbocycles. The average molecular weight is 277 g/mol. The Kier molecular flexibility index (Phi) is 15.5. The summed E-state index contributed by atoms with van der Waals surface area (Å²) in [6.45, 7) is 8.57. The summed E-state index contributed by atoms with van der Waals surface area (Å²) in [5.74, 6) is 1.13. The van der Waals surface area contributed by atoms with Crippen molar-refractivity contribution in [1.29, 1.82) is 0 Å². The fourth-order valence-corrected chi connectivity index (χ4v) is 1.75. The van der Waals surface area contributed by atoms with Crippen LogP contribution in [-0.2, 0) is 0 Å². The second kappa shape index (κ2) is 14.7. The first-order valence-corrected chi connectivity index (χ1v) is 7.64. The van der Waals surface area contributed by atoms with Crippen molar-refractivity contribution in [1.82, 2.24) is 0 Å². The van der Waals surface area contributed by atoms with Crippen molar-refractivity contribution in [2.45, 2.75) is 34.1 Å². The summed E-state index contributed by atoms with van der Waals surface area (Å²) in [4.78, 5) is 0. The highest BCUT2D eigenvalue weighted by molar-refractivity contribution is 8.02. The minimum atomic E-state index is 1.13. The van der Waals surface area contributed by atoms with E-state index in [9.17, 15) is 0 Å². The number of hydrogen-bond donors (Lipinski definition) is 1. The van der Waals surface area contributed by atoms with Crippen LogP contribution in [0, 0.1) is 12.8 Å². The number of thioether (sulfide) groups is 1. The fourth-order valence-electron chi connectivity index (χ4n) is 1.20. The zero-order valence-corrected chi connectivity index (χ0v) is 13.7. The molecule has 1 rings (SSSR count). The summed E-state index contributed by atoms with van der Waals surface area (Å²) >= 11 is 1.84. The van der Waals surface area contributed by atoms with Gasteiger partial charge in [-0.1, -0.05) is 39.3 Å². The van der Waals surface area contributed by atoms with Crippen LogP contribution in [0.5, 0.6) is 0 Å². The number of anilines is 1. The minimum absolute atomic E-state index is 1.13. The van der Waals surface area contributed by atoms with Crippen LogP contribution in [-0.4, -0.2) is 12.8 Å². The lowest BCUT2D eigenvalue weighted by molar-refractivity contribution is 1.09. The Bertz CT molecular complexity index is 367. The second-order valence-corrected chi connectivity index (χ2v) is 4.94. The highest BCUT2D eigenvalue weighted by Gasteiger charge is 1.96. The molecule has 1 nitrogen and oxygen atoms in total. The average Bonchev–Trinajstić information content (AvgIpc) is 2.47. The quantitative estimate of drug-likeness (QED) is 0.728. The largest absolute Gasteiger partial charge is 0.388 e. The van der Waals surface area contributed by atoms with E-state index in [2.05, 4.69) is 75.5 Å². The molecule has 0 spiro atoms. The molecule has 0 aliphatic rings. The monoisotopic (exact) mass is 277 g/mol. The lowest BCUT2D eigenvalue weighted by atomic mass is 10.1. The fraction of sp³-hybridized carbons (Fsp3) is 0.412. The predicted octanol–water partition coefficient (Wildman–Crippen LogP) is 5.51. The molecular formula is C17H27NS. The van der Waals surface area contributed by atoms with E-state index in [-0.39, 0.29) is 0 Å². The standard InChI is InChI=1S/C12H17NS.C3H8.C2H2/c1-4-14-9-10(2)11-6-5-7-12(8-11)13-3;1-3-2;1-2/h5-9,13H,4H2,1-3H3;3H2,1-2H3;1-2H/b10-9+;;. The summed E-state index contributed by atoms with van der Waals surface area (Å²) in [5.41, 5.74) is 3.78. The summed E-state index contributed by atoms with van der Waals surface area (Å²) < 4.78 is 0. The van der Waals surface area contributed by atoms with Gasteiger partial charge in [0.1, 0.15) is 0 Å². The Morgan fingerprint density at radius 1 is 1.26 bits per heavy atom. The van der Waals surface area contributed by atoms with E-state index in [1.165, 1.54) is 17.6 Å². The molecule has 1 N–H and O–H groups in total. The predicted molar refractivity (Wildman–Crippen MR) is 93.6 cm³/mol. The van der Waals surface area contributed by atoms with Gasteiger partial charge in [-0.15, -0.1) is 24.6 Å². The Hall–Kier alpha value is -1.33. The van der Waals surface area contributed by atoms with E-state index in [4.69, 9.17) is 0 Å². The normalized spacial score (nSPS) is 9.53. The molecule has 0 amide bonds. The Balaban J connectivity index is 0. The molecule has 0 aliphatic carbocycles. The number of hydrogen-bond acceptors (Lipinski definition) is 2. The van der Waals surface area contributed by atoms with Crippen molar-refractivity contribution in [2.24, 2.45) is 0 Å². The van der Waals surface area contributed by atoms with Crippen molar-refractivity contribution in [3.05, 3.63) is 35.2 Å². The first kappa shape index (κ1) is 20.0. The number of terminal acetylenes is 1. The van der Waals surface area contributed by atoms with Gasteiger partial charge in [0.05, 0.1) is 0 Å². The molecule has 0 bridgehead atoms. The number of nitrogens with one attached hydrogen (secondary N) is 1. The molecule has 0 atom stereocenters. The van der Waals surface area contributed by atoms with Crippen molar-refractivity contribution in [2.75, 3.05) is 18.1 Å². The van der Waals surface area contributed by atoms with Crippen LogP contribution in [0.3, 0.4) is 0 Å². The van der Waals surface area contributed by atoms with E-state index >= 15 is 0 Å². The first-order chi connectivity index (χ1) is 9.19. The first-order valence-electron chi connectivity index (χ1n) is 6.59. The van der Waals surface area contributed by atoms with Gasteiger partial charge in [0.25, 0.3) is 0 Å². The van der Waals surface area contributed by atoms with E-state index in [0.29, 0.717) is 0 Å². The Labute approximate surface area is 123 Å². The van der Waals surface area contributed by atoms with Crippen molar-refractivity contribution in [3.63, 3.8) is 0 Å². The number of benzene rings is 1. The van der Waals surface area contributed by atoms with Crippen LogP contribution in [0.2, 0.25) is 0 Å². The van der Waals surface area contributed by atoms with Crippen molar-refractivity contribution >= 4 is 23.0 Å². The van der Waals surface area contributed by atoms with Crippen LogP contribution in [0.4, 0.5) is 5.69 Å². The third-order valence-corrected chi connectivity index (χ3v) is 2.89. The van der Waals surface area contributed by atoms with Crippen LogP contribution < -0.4 is 5.32 Å². The molecular weight excluding hydrogens is 250 g/mol. The number of allylic oxidation sites excluding steroid dienone is 1. The van der Waals surface area contributed by atoms with Gasteiger partial charge in [-0.3, -0.25) is 0 Å². The Morgan fingerprint density at radius 3 is 2.32 bits per heavy atom. The van der Waals surface area contributed by atoms with Gasteiger partial charge in [0.15, 0.2) is 0 Å². The summed E-state index contributed by atoms with van der Waals surface area (Å²) in [6, 6.07) is 8.46. The zero-order valence-electron chi connectivity index (χ0n) is 12.9. The second-order valence-electron chi connectivity index (χ2n) is 3.79. The summed E-state index contributed by atoms with van der Waals surface area (Å²) in [6.07, 6.45) is 9.25. The van der Waals surface area contributed by atoms with Crippen molar-refractivity contribution < 1.29 is 0 Å². The van der Waals surface area contributed by atoms with Gasteiger partial charge in [0.2, 0.25) is 0 Å². The summed E-state index contributed by atoms with van der Waals surface area (Å²) in [5, 5.41) is 5.36. The molecule has 106 valence electrons. The van der Waals surface area contributed by atoms with Gasteiger partial charge in [-0.05, 0) is 41.4 Å². The molecule has 0 radical (unpaired) electrons. The molecule has 2 heteroatoms. The lowest BCUT2D eigenvalue weighted by Gasteiger charge is -2.04. The lowest BCUT2D eigenvalue weighted by Crippen LogP contribution is -1.88. The molecule has 0 aromatic heterocycles. The molecule has 0 unspecified atom stereocenters. The molecule has 1 aromatic rings. The minimum Gasteiger partial charge on any atom is -0.388 e. The van der Waals surface area contributed by atoms with Crippen LogP contribution in [0.25, 0.3) is 5.57 Å². The maximum absolute atomic E-state index is 4.00. The zero-order chi connectivity index (χ0) is 15.1. The highest BCUT2D eigenvalue weighted by atomic mass is 32.2. The molecule has 0 saturated heterocycles. The van der Waals surface area contributed by atoms with Gasteiger partial charge in [-0.25, -0.2) is 0 Å². The van der Waals surface area contributed by atoms with Gasteiger partial charge in [0, 0.05) is 12.7 Å². The maximum Gasteiger partial charge on any atom is 0.0343 e. The van der Waals surface area contributed by atoms with Crippen LogP contribution in [0.1, 0.15) is 39.7 Å². The Morgan fingerprint density at radius 2 is 1.84 bits per heavy atom. The topological polar surface area (TPSA) is 12.0 Å². The summed E-state index contributed by atoms with van der Waals surface area (Å²) in [7, 11) is 1.94. The van der Waals surface area contributed by atoms with Gasteiger partial charge in [-0.2, -0.15) is 0 Å². The third-order valence-electron chi connectivity index (χ3n) is 2.03. The SMILES string of the molecule is C#C.CCC.CCS/C=C(\C)c1cccc(NC)c1. The van der Waals surface area contributed by atoms with E-state index in [1.807, 2.05) is 18.8 Å². The van der Waals surface area contributed by atoms with Crippen LogP contribution in [0.15, 0.2) is 29.7 Å². The molecule has 1 aromatic carbocycles. The van der Waals surface area contributed by atoms with Crippen LogP contribution >= 0.6 is 11.8 Å². The van der Waals surface area contributed by atoms with E-state index in [0.717, 1.165) is 11.4 Å². The molecule has 0 heterocycles. The van der Waals surface area contributed by atoms with E-state index in [1.54, 1.807) is 0 Å². The smallest absolute Gasteiger partial charge is 0.0343 e. The molecule has 0 fully saturated rings. The third kappa shape index (κ3) is 10.3. The number of rotatable bonds is 4. The van der Waals surface area contributed by atoms with Gasteiger partial charge < -0.3 is 5.32 Å². The maximum atomic E-state index is 4.00. The van der Waals surface area contributed by atoms with E-state index < -0.39 is 0 Å².